The van der Waals surface area contributed by atoms with E-state index in [0.717, 1.165) is 54.8 Å². The Morgan fingerprint density at radius 1 is 1.03 bits per heavy atom. The monoisotopic (exact) mass is 535 g/mol. The highest BCUT2D eigenvalue weighted by molar-refractivity contribution is 5.89. The van der Waals surface area contributed by atoms with Gasteiger partial charge in [-0.2, -0.15) is 0 Å². The second-order valence-corrected chi connectivity index (χ2v) is 14.4. The SMILES string of the molecule is CC(C)CCCC(C)C1CCC2C3CC=C4CC(OC(=O)c5ccc([N+](=O)[O-])cc5)CCC4(C)C3CCC12C. The fourth-order valence-corrected chi connectivity index (χ4v) is 9.69. The average Bonchev–Trinajstić information content (AvgIpc) is 3.26. The van der Waals surface area contributed by atoms with Gasteiger partial charge in [0.25, 0.3) is 5.69 Å². The quantitative estimate of drug-likeness (QED) is 0.144. The summed E-state index contributed by atoms with van der Waals surface area (Å²) in [6.07, 6.45) is 16.1. The van der Waals surface area contributed by atoms with Crippen LogP contribution in [0.4, 0.5) is 5.69 Å². The Morgan fingerprint density at radius 3 is 2.46 bits per heavy atom. The molecule has 4 aliphatic carbocycles. The molecule has 1 aromatic rings. The fourth-order valence-electron chi connectivity index (χ4n) is 9.69. The smallest absolute Gasteiger partial charge is 0.338 e. The Balaban J connectivity index is 1.23. The normalized spacial score (nSPS) is 36.4. The second kappa shape index (κ2) is 11.0. The molecule has 0 amide bonds. The number of esters is 1. The largest absolute Gasteiger partial charge is 0.458 e. The van der Waals surface area contributed by atoms with Crippen molar-refractivity contribution in [3.8, 4) is 0 Å². The van der Waals surface area contributed by atoms with E-state index in [-0.39, 0.29) is 23.2 Å². The van der Waals surface area contributed by atoms with Crippen molar-refractivity contribution < 1.29 is 14.5 Å². The van der Waals surface area contributed by atoms with Gasteiger partial charge in [-0.3, -0.25) is 10.1 Å². The van der Waals surface area contributed by atoms with Crippen molar-refractivity contribution in [2.45, 2.75) is 111 Å². The summed E-state index contributed by atoms with van der Waals surface area (Å²) in [6, 6.07) is 5.73. The number of fused-ring (bicyclic) bond motifs is 5. The van der Waals surface area contributed by atoms with Crippen LogP contribution in [0.25, 0.3) is 0 Å². The van der Waals surface area contributed by atoms with Gasteiger partial charge in [0.15, 0.2) is 0 Å². The molecule has 0 aromatic heterocycles. The van der Waals surface area contributed by atoms with Crippen LogP contribution < -0.4 is 0 Å². The predicted molar refractivity (Wildman–Crippen MR) is 155 cm³/mol. The van der Waals surface area contributed by atoms with Crippen molar-refractivity contribution in [3.63, 3.8) is 0 Å². The number of carbonyl (C=O) groups is 1. The first-order valence-electron chi connectivity index (χ1n) is 15.7. The Hall–Kier alpha value is -2.17. The summed E-state index contributed by atoms with van der Waals surface area (Å²) in [5, 5.41) is 10.9. The van der Waals surface area contributed by atoms with E-state index in [9.17, 15) is 14.9 Å². The second-order valence-electron chi connectivity index (χ2n) is 14.4. The zero-order chi connectivity index (χ0) is 27.9. The molecular weight excluding hydrogens is 486 g/mol. The standard InChI is InChI=1S/C34H49NO4/c1-22(2)7-6-8-23(3)29-15-16-30-28-14-11-25-21-27(17-19-33(25,4)31(28)18-20-34(29,30)5)39-32(36)24-9-12-26(13-10-24)35(37)38/h9-13,22-23,27-31H,6-8,14-21H2,1-5H3. The van der Waals surface area contributed by atoms with Crippen LogP contribution in [0.2, 0.25) is 0 Å². The van der Waals surface area contributed by atoms with Gasteiger partial charge in [0.2, 0.25) is 0 Å². The first kappa shape index (κ1) is 28.4. The molecule has 0 heterocycles. The summed E-state index contributed by atoms with van der Waals surface area (Å²) in [4.78, 5) is 23.3. The molecule has 5 nitrogen and oxygen atoms in total. The van der Waals surface area contributed by atoms with Crippen LogP contribution in [0.15, 0.2) is 35.9 Å². The number of nitro benzene ring substituents is 1. The molecule has 4 aliphatic rings. The first-order valence-corrected chi connectivity index (χ1v) is 15.7. The molecule has 0 spiro atoms. The van der Waals surface area contributed by atoms with Gasteiger partial charge in [0, 0.05) is 18.6 Å². The maximum atomic E-state index is 12.8. The highest BCUT2D eigenvalue weighted by Crippen LogP contribution is 2.67. The maximum Gasteiger partial charge on any atom is 0.338 e. The number of hydrogen-bond donors (Lipinski definition) is 0. The molecule has 0 aliphatic heterocycles. The number of non-ortho nitro benzene ring substituents is 1. The van der Waals surface area contributed by atoms with Gasteiger partial charge in [-0.05, 0) is 103 Å². The zero-order valence-electron chi connectivity index (χ0n) is 24.8. The molecule has 0 N–H and O–H groups in total. The van der Waals surface area contributed by atoms with Crippen LogP contribution >= 0.6 is 0 Å². The number of carbonyl (C=O) groups excluding carboxylic acids is 1. The summed E-state index contributed by atoms with van der Waals surface area (Å²) in [7, 11) is 0. The van der Waals surface area contributed by atoms with Gasteiger partial charge in [-0.1, -0.05) is 65.5 Å². The molecule has 0 radical (unpaired) electrons. The molecule has 3 fully saturated rings. The zero-order valence-corrected chi connectivity index (χ0v) is 24.8. The Labute approximate surface area is 235 Å². The Bertz CT molecular complexity index is 1090. The number of nitrogens with zero attached hydrogens (tertiary/aromatic N) is 1. The fraction of sp³-hybridized carbons (Fsp3) is 0.735. The van der Waals surface area contributed by atoms with E-state index in [1.54, 1.807) is 0 Å². The number of benzene rings is 1. The minimum absolute atomic E-state index is 0.0142. The lowest BCUT2D eigenvalue weighted by atomic mass is 9.47. The van der Waals surface area contributed by atoms with E-state index >= 15 is 0 Å². The molecule has 0 bridgehead atoms. The lowest BCUT2D eigenvalue weighted by Gasteiger charge is -2.58. The minimum Gasteiger partial charge on any atom is -0.458 e. The van der Waals surface area contributed by atoms with Crippen molar-refractivity contribution in [2.75, 3.05) is 0 Å². The molecule has 0 saturated heterocycles. The van der Waals surface area contributed by atoms with Crippen LogP contribution in [0.1, 0.15) is 116 Å². The number of nitro groups is 1. The van der Waals surface area contributed by atoms with Gasteiger partial charge >= 0.3 is 5.97 Å². The van der Waals surface area contributed by atoms with Crippen molar-refractivity contribution >= 4 is 11.7 Å². The number of ether oxygens (including phenoxy) is 1. The third kappa shape index (κ3) is 5.32. The van der Waals surface area contributed by atoms with Crippen molar-refractivity contribution in [1.29, 1.82) is 0 Å². The van der Waals surface area contributed by atoms with E-state index in [0.29, 0.717) is 11.0 Å². The topological polar surface area (TPSA) is 69.4 Å². The number of allylic oxidation sites excluding steroid dienone is 1. The lowest BCUT2D eigenvalue weighted by Crippen LogP contribution is -2.51. The van der Waals surface area contributed by atoms with Crippen molar-refractivity contribution in [2.24, 2.45) is 46.3 Å². The highest BCUT2D eigenvalue weighted by Gasteiger charge is 2.59. The van der Waals surface area contributed by atoms with Crippen LogP contribution in [0, 0.1) is 56.5 Å². The van der Waals surface area contributed by atoms with Crippen LogP contribution in [-0.4, -0.2) is 17.0 Å². The molecular formula is C34H49NO4. The summed E-state index contributed by atoms with van der Waals surface area (Å²) in [5.41, 5.74) is 2.60. The molecule has 1 aromatic carbocycles. The van der Waals surface area contributed by atoms with Crippen LogP contribution in [0.3, 0.4) is 0 Å². The van der Waals surface area contributed by atoms with Gasteiger partial charge in [-0.25, -0.2) is 4.79 Å². The maximum absolute atomic E-state index is 12.8. The molecule has 8 unspecified atom stereocenters. The van der Waals surface area contributed by atoms with Gasteiger partial charge in [0.05, 0.1) is 10.5 Å². The van der Waals surface area contributed by atoms with Crippen LogP contribution in [-0.2, 0) is 4.74 Å². The van der Waals surface area contributed by atoms with E-state index in [1.165, 1.54) is 81.2 Å². The molecule has 8 atom stereocenters. The first-order chi connectivity index (χ1) is 18.5. The minimum atomic E-state index is -0.450. The molecule has 39 heavy (non-hydrogen) atoms. The Morgan fingerprint density at radius 2 is 1.77 bits per heavy atom. The third-order valence-corrected chi connectivity index (χ3v) is 11.8. The predicted octanol–water partition coefficient (Wildman–Crippen LogP) is 9.16. The van der Waals surface area contributed by atoms with E-state index < -0.39 is 4.92 Å². The molecule has 5 heteroatoms. The lowest BCUT2D eigenvalue weighted by molar-refractivity contribution is -0.384. The summed E-state index contributed by atoms with van der Waals surface area (Å²) in [6.45, 7) is 12.4. The molecule has 214 valence electrons. The Kier molecular flexibility index (Phi) is 8.01. The molecule has 5 rings (SSSR count). The summed E-state index contributed by atoms with van der Waals surface area (Å²) in [5.74, 6) is 4.54. The average molecular weight is 536 g/mol. The van der Waals surface area contributed by atoms with Gasteiger partial charge in [-0.15, -0.1) is 0 Å². The van der Waals surface area contributed by atoms with Gasteiger partial charge in [0.1, 0.15) is 6.10 Å². The third-order valence-electron chi connectivity index (χ3n) is 11.8. The molecule has 3 saturated carbocycles. The van der Waals surface area contributed by atoms with E-state index in [2.05, 4.69) is 40.7 Å². The number of hydrogen-bond acceptors (Lipinski definition) is 4. The van der Waals surface area contributed by atoms with E-state index in [4.69, 9.17) is 4.74 Å². The summed E-state index contributed by atoms with van der Waals surface area (Å²) < 4.78 is 5.93. The van der Waals surface area contributed by atoms with Crippen LogP contribution in [0.5, 0.6) is 0 Å². The van der Waals surface area contributed by atoms with Crippen molar-refractivity contribution in [3.05, 3.63) is 51.6 Å². The summed E-state index contributed by atoms with van der Waals surface area (Å²) >= 11 is 0. The van der Waals surface area contributed by atoms with E-state index in [1.807, 2.05) is 0 Å². The number of rotatable bonds is 8. The van der Waals surface area contributed by atoms with Crippen molar-refractivity contribution in [1.82, 2.24) is 0 Å². The highest BCUT2D eigenvalue weighted by atomic mass is 16.6. The van der Waals surface area contributed by atoms with Gasteiger partial charge < -0.3 is 4.74 Å².